The predicted molar refractivity (Wildman–Crippen MR) is 72.7 cm³/mol. The molecule has 2 heterocycles. The van der Waals surface area contributed by atoms with E-state index in [2.05, 4.69) is 33.8 Å². The fourth-order valence-corrected chi connectivity index (χ4v) is 2.24. The van der Waals surface area contributed by atoms with Crippen LogP contribution in [0.25, 0.3) is 0 Å². The van der Waals surface area contributed by atoms with Gasteiger partial charge in [0.1, 0.15) is 10.8 Å². The van der Waals surface area contributed by atoms with Crippen molar-refractivity contribution in [2.45, 2.75) is 20.3 Å². The third-order valence-corrected chi connectivity index (χ3v) is 3.31. The molecule has 0 fully saturated rings. The highest BCUT2D eigenvalue weighted by atomic mass is 32.1. The molecule has 0 saturated carbocycles. The molecule has 0 atom stereocenters. The number of hydrogen-bond acceptors (Lipinski definition) is 7. The fourth-order valence-electron chi connectivity index (χ4n) is 1.63. The maximum atomic E-state index is 5.73. The first-order valence-corrected chi connectivity index (χ1v) is 6.74. The zero-order chi connectivity index (χ0) is 13.0. The molecule has 0 radical (unpaired) electrons. The first-order valence-electron chi connectivity index (χ1n) is 5.86. The van der Waals surface area contributed by atoms with E-state index in [0.29, 0.717) is 18.2 Å². The first kappa shape index (κ1) is 12.7. The van der Waals surface area contributed by atoms with Crippen LogP contribution < -0.4 is 10.6 Å². The summed E-state index contributed by atoms with van der Waals surface area (Å²) in [6.45, 7) is 5.81. The zero-order valence-corrected chi connectivity index (χ0v) is 11.3. The molecule has 96 valence electrons. The summed E-state index contributed by atoms with van der Waals surface area (Å²) in [6, 6.07) is 0. The van der Waals surface area contributed by atoms with Gasteiger partial charge >= 0.3 is 0 Å². The number of nitrogen functional groups attached to an aromatic ring is 1. The zero-order valence-electron chi connectivity index (χ0n) is 10.5. The summed E-state index contributed by atoms with van der Waals surface area (Å²) in [4.78, 5) is 19.0. The van der Waals surface area contributed by atoms with Gasteiger partial charge in [-0.05, 0) is 13.8 Å². The maximum absolute atomic E-state index is 5.73. The van der Waals surface area contributed by atoms with E-state index in [-0.39, 0.29) is 5.95 Å². The van der Waals surface area contributed by atoms with Crippen molar-refractivity contribution in [2.24, 2.45) is 0 Å². The summed E-state index contributed by atoms with van der Waals surface area (Å²) in [5.74, 6) is 1.57. The highest BCUT2D eigenvalue weighted by Gasteiger charge is 2.10. The highest BCUT2D eigenvalue weighted by Crippen LogP contribution is 2.13. The standard InChI is InChI=1S/C11H16N6S/c1-3-17(4-2)11-15-8(14-10(12)16-11)7-9-13-5-6-18-9/h5-6H,3-4,7H2,1-2H3,(H2,12,14,15,16). The van der Waals surface area contributed by atoms with Gasteiger partial charge in [0.2, 0.25) is 11.9 Å². The van der Waals surface area contributed by atoms with Crippen LogP contribution in [0.4, 0.5) is 11.9 Å². The van der Waals surface area contributed by atoms with Gasteiger partial charge in [0.05, 0.1) is 6.42 Å². The van der Waals surface area contributed by atoms with Gasteiger partial charge in [0.15, 0.2) is 0 Å². The first-order chi connectivity index (χ1) is 8.72. The van der Waals surface area contributed by atoms with Crippen molar-refractivity contribution in [2.75, 3.05) is 23.7 Å². The molecule has 6 nitrogen and oxygen atoms in total. The second-order valence-electron chi connectivity index (χ2n) is 3.68. The van der Waals surface area contributed by atoms with Crippen LogP contribution in [-0.4, -0.2) is 33.0 Å². The van der Waals surface area contributed by atoms with E-state index >= 15 is 0 Å². The Morgan fingerprint density at radius 2 is 2.00 bits per heavy atom. The number of nitrogens with two attached hydrogens (primary N) is 1. The Morgan fingerprint density at radius 1 is 1.22 bits per heavy atom. The number of aromatic nitrogens is 4. The highest BCUT2D eigenvalue weighted by molar-refractivity contribution is 7.09. The van der Waals surface area contributed by atoms with Gasteiger partial charge in [-0.25, -0.2) is 4.98 Å². The lowest BCUT2D eigenvalue weighted by Crippen LogP contribution is -2.25. The van der Waals surface area contributed by atoms with Gasteiger partial charge in [-0.1, -0.05) is 0 Å². The van der Waals surface area contributed by atoms with Gasteiger partial charge in [0.25, 0.3) is 0 Å². The van der Waals surface area contributed by atoms with Crippen molar-refractivity contribution in [1.29, 1.82) is 0 Å². The lowest BCUT2D eigenvalue weighted by molar-refractivity contribution is 0.796. The molecule has 0 amide bonds. The molecule has 0 aliphatic heterocycles. The van der Waals surface area contributed by atoms with E-state index in [9.17, 15) is 0 Å². The van der Waals surface area contributed by atoms with Crippen LogP contribution in [0.5, 0.6) is 0 Å². The third kappa shape index (κ3) is 2.92. The molecular formula is C11H16N6S. The van der Waals surface area contributed by atoms with E-state index in [0.717, 1.165) is 18.1 Å². The number of rotatable bonds is 5. The Bertz CT molecular complexity index is 494. The lowest BCUT2D eigenvalue weighted by Gasteiger charge is -2.18. The largest absolute Gasteiger partial charge is 0.368 e. The minimum Gasteiger partial charge on any atom is -0.368 e. The third-order valence-electron chi connectivity index (χ3n) is 2.53. The summed E-state index contributed by atoms with van der Waals surface area (Å²) in [5.41, 5.74) is 5.73. The van der Waals surface area contributed by atoms with E-state index in [1.165, 1.54) is 0 Å². The molecule has 0 bridgehead atoms. The van der Waals surface area contributed by atoms with Crippen molar-refractivity contribution >= 4 is 23.2 Å². The number of hydrogen-bond donors (Lipinski definition) is 1. The number of thiazole rings is 1. The molecule has 2 N–H and O–H groups in total. The summed E-state index contributed by atoms with van der Waals surface area (Å²) in [7, 11) is 0. The molecule has 7 heteroatoms. The Labute approximate surface area is 110 Å². The Hall–Kier alpha value is -1.76. The molecule has 0 saturated heterocycles. The molecule has 2 rings (SSSR count). The number of nitrogens with zero attached hydrogens (tertiary/aromatic N) is 5. The minimum atomic E-state index is 0.262. The minimum absolute atomic E-state index is 0.262. The molecule has 2 aromatic rings. The summed E-state index contributed by atoms with van der Waals surface area (Å²) >= 11 is 1.58. The normalized spacial score (nSPS) is 10.6. The van der Waals surface area contributed by atoms with Gasteiger partial charge in [-0.3, -0.25) is 0 Å². The van der Waals surface area contributed by atoms with Crippen LogP contribution in [0.3, 0.4) is 0 Å². The average Bonchev–Trinajstić information content (AvgIpc) is 2.83. The molecular weight excluding hydrogens is 248 g/mol. The Balaban J connectivity index is 2.26. The van der Waals surface area contributed by atoms with Crippen LogP contribution in [0.1, 0.15) is 24.7 Å². The van der Waals surface area contributed by atoms with E-state index in [4.69, 9.17) is 5.73 Å². The van der Waals surface area contributed by atoms with Crippen LogP contribution >= 0.6 is 11.3 Å². The van der Waals surface area contributed by atoms with Crippen molar-refractivity contribution < 1.29 is 0 Å². The molecule has 0 unspecified atom stereocenters. The molecule has 0 aliphatic rings. The van der Waals surface area contributed by atoms with Crippen molar-refractivity contribution in [1.82, 2.24) is 19.9 Å². The summed E-state index contributed by atoms with van der Waals surface area (Å²) in [5, 5.41) is 2.91. The van der Waals surface area contributed by atoms with E-state index in [1.54, 1.807) is 17.5 Å². The topological polar surface area (TPSA) is 80.8 Å². The Morgan fingerprint density at radius 3 is 2.61 bits per heavy atom. The van der Waals surface area contributed by atoms with Crippen LogP contribution in [-0.2, 0) is 6.42 Å². The SMILES string of the molecule is CCN(CC)c1nc(N)nc(Cc2nccs2)n1. The van der Waals surface area contributed by atoms with Crippen molar-refractivity contribution in [3.8, 4) is 0 Å². The van der Waals surface area contributed by atoms with Gasteiger partial charge < -0.3 is 10.6 Å². The van der Waals surface area contributed by atoms with Crippen LogP contribution in [0.2, 0.25) is 0 Å². The van der Waals surface area contributed by atoms with Crippen molar-refractivity contribution in [3.63, 3.8) is 0 Å². The second-order valence-corrected chi connectivity index (χ2v) is 4.66. The predicted octanol–water partition coefficient (Wildman–Crippen LogP) is 1.35. The summed E-state index contributed by atoms with van der Waals surface area (Å²) < 4.78 is 0. The van der Waals surface area contributed by atoms with Crippen LogP contribution in [0, 0.1) is 0 Å². The monoisotopic (exact) mass is 264 g/mol. The van der Waals surface area contributed by atoms with Crippen molar-refractivity contribution in [3.05, 3.63) is 22.4 Å². The van der Waals surface area contributed by atoms with Crippen LogP contribution in [0.15, 0.2) is 11.6 Å². The quantitative estimate of drug-likeness (QED) is 0.878. The molecule has 0 aromatic carbocycles. The molecule has 2 aromatic heterocycles. The summed E-state index contributed by atoms with van der Waals surface area (Å²) in [6.07, 6.45) is 2.37. The number of anilines is 2. The molecule has 0 spiro atoms. The smallest absolute Gasteiger partial charge is 0.230 e. The van der Waals surface area contributed by atoms with E-state index in [1.807, 2.05) is 10.3 Å². The van der Waals surface area contributed by atoms with Gasteiger partial charge in [-0.2, -0.15) is 15.0 Å². The van der Waals surface area contributed by atoms with E-state index < -0.39 is 0 Å². The average molecular weight is 264 g/mol. The molecule has 18 heavy (non-hydrogen) atoms. The maximum Gasteiger partial charge on any atom is 0.230 e. The Kier molecular flexibility index (Phi) is 4.03. The van der Waals surface area contributed by atoms with Gasteiger partial charge in [0, 0.05) is 24.7 Å². The molecule has 0 aliphatic carbocycles. The second kappa shape index (κ2) is 5.72. The van der Waals surface area contributed by atoms with Gasteiger partial charge in [-0.15, -0.1) is 11.3 Å². The lowest BCUT2D eigenvalue weighted by atomic mass is 10.4. The fraction of sp³-hybridized carbons (Fsp3) is 0.455.